The molecule has 20 heavy (non-hydrogen) atoms. The Labute approximate surface area is 115 Å². The van der Waals surface area contributed by atoms with Crippen LogP contribution in [0.5, 0.6) is 0 Å². The van der Waals surface area contributed by atoms with Crippen molar-refractivity contribution in [2.45, 2.75) is 13.8 Å². The van der Waals surface area contributed by atoms with Gasteiger partial charge in [-0.3, -0.25) is 5.43 Å². The first-order chi connectivity index (χ1) is 9.63. The van der Waals surface area contributed by atoms with E-state index in [1.165, 1.54) is 0 Å². The third-order valence-electron chi connectivity index (χ3n) is 2.47. The van der Waals surface area contributed by atoms with E-state index in [4.69, 9.17) is 10.00 Å². The highest BCUT2D eigenvalue weighted by molar-refractivity contribution is 6.43. The van der Waals surface area contributed by atoms with Gasteiger partial charge in [-0.2, -0.15) is 10.4 Å². The average molecular weight is 271 g/mol. The molecule has 0 amide bonds. The molecular formula is C13H13N5O2. The van der Waals surface area contributed by atoms with E-state index in [1.54, 1.807) is 25.1 Å². The highest BCUT2D eigenvalue weighted by Gasteiger charge is 2.11. The summed E-state index contributed by atoms with van der Waals surface area (Å²) in [7, 11) is 0. The number of aromatic amines is 1. The lowest BCUT2D eigenvalue weighted by molar-refractivity contribution is -0.134. The van der Waals surface area contributed by atoms with Gasteiger partial charge in [0.15, 0.2) is 0 Å². The molecule has 1 aromatic heterocycles. The van der Waals surface area contributed by atoms with Gasteiger partial charge in [0.1, 0.15) is 11.9 Å². The molecule has 2 N–H and O–H groups in total. The minimum atomic E-state index is -0.749. The van der Waals surface area contributed by atoms with Crippen molar-refractivity contribution in [1.82, 2.24) is 9.97 Å². The monoisotopic (exact) mass is 271 g/mol. The average Bonchev–Trinajstić information content (AvgIpc) is 2.79. The Bertz CT molecular complexity index is 711. The number of nitriles is 1. The molecule has 7 nitrogen and oxygen atoms in total. The topological polar surface area (TPSA) is 103 Å². The Morgan fingerprint density at radius 2 is 2.40 bits per heavy atom. The number of hydrogen-bond donors (Lipinski definition) is 2. The maximum absolute atomic E-state index is 11.4. The third kappa shape index (κ3) is 2.92. The van der Waals surface area contributed by atoms with Gasteiger partial charge in [-0.1, -0.05) is 0 Å². The minimum Gasteiger partial charge on any atom is -0.461 e. The van der Waals surface area contributed by atoms with Crippen molar-refractivity contribution in [2.24, 2.45) is 5.10 Å². The lowest BCUT2D eigenvalue weighted by Gasteiger charge is -2.01. The second-order valence-corrected chi connectivity index (χ2v) is 3.96. The van der Waals surface area contributed by atoms with E-state index in [-0.39, 0.29) is 12.3 Å². The molecule has 1 heterocycles. The molecule has 0 fully saturated rings. The molecule has 7 heteroatoms. The number of anilines is 1. The summed E-state index contributed by atoms with van der Waals surface area (Å²) in [5, 5.41) is 12.6. The number of rotatable bonds is 4. The number of nitrogens with one attached hydrogen (secondary N) is 2. The fourth-order valence-corrected chi connectivity index (χ4v) is 1.64. The van der Waals surface area contributed by atoms with Gasteiger partial charge in [0.05, 0.1) is 23.3 Å². The second-order valence-electron chi connectivity index (χ2n) is 3.96. The van der Waals surface area contributed by atoms with Crippen LogP contribution < -0.4 is 5.43 Å². The van der Waals surface area contributed by atoms with E-state index in [0.717, 1.165) is 16.9 Å². The van der Waals surface area contributed by atoms with Crippen molar-refractivity contribution in [3.8, 4) is 6.07 Å². The van der Waals surface area contributed by atoms with E-state index in [2.05, 4.69) is 20.5 Å². The number of fused-ring (bicyclic) bond motifs is 1. The number of benzene rings is 1. The molecule has 0 spiro atoms. The smallest absolute Gasteiger partial charge is 0.369 e. The first kappa shape index (κ1) is 13.5. The van der Waals surface area contributed by atoms with Crippen LogP contribution in [0.15, 0.2) is 23.3 Å². The zero-order chi connectivity index (χ0) is 14.5. The number of ether oxygens (including phenoxy) is 1. The molecule has 0 bridgehead atoms. The van der Waals surface area contributed by atoms with Crippen LogP contribution in [0.25, 0.3) is 11.0 Å². The van der Waals surface area contributed by atoms with Crippen LogP contribution >= 0.6 is 0 Å². The van der Waals surface area contributed by atoms with E-state index < -0.39 is 5.97 Å². The van der Waals surface area contributed by atoms with Crippen LogP contribution in [0.2, 0.25) is 0 Å². The number of aromatic nitrogens is 2. The fraction of sp³-hybridized carbons (Fsp3) is 0.231. The van der Waals surface area contributed by atoms with Crippen LogP contribution in [-0.4, -0.2) is 28.3 Å². The van der Waals surface area contributed by atoms with Crippen LogP contribution in [0, 0.1) is 18.3 Å². The van der Waals surface area contributed by atoms with E-state index in [1.807, 2.05) is 13.0 Å². The Morgan fingerprint density at radius 1 is 1.60 bits per heavy atom. The van der Waals surface area contributed by atoms with Gasteiger partial charge in [0.25, 0.3) is 0 Å². The summed E-state index contributed by atoms with van der Waals surface area (Å²) >= 11 is 0. The number of aryl methyl sites for hydroxylation is 1. The number of hydrazone groups is 1. The Hall–Kier alpha value is -2.88. The van der Waals surface area contributed by atoms with Gasteiger partial charge >= 0.3 is 5.97 Å². The highest BCUT2D eigenvalue weighted by atomic mass is 16.5. The summed E-state index contributed by atoms with van der Waals surface area (Å²) in [6, 6.07) is 7.05. The molecule has 0 unspecified atom stereocenters. The number of H-pyrrole nitrogens is 1. The number of carbonyl (C=O) groups excluding carboxylic acids is 1. The first-order valence-electron chi connectivity index (χ1n) is 6.01. The zero-order valence-corrected chi connectivity index (χ0v) is 11.1. The van der Waals surface area contributed by atoms with Crippen LogP contribution in [-0.2, 0) is 9.53 Å². The van der Waals surface area contributed by atoms with Crippen molar-refractivity contribution >= 4 is 28.4 Å². The number of carbonyl (C=O) groups is 1. The van der Waals surface area contributed by atoms with E-state index >= 15 is 0 Å². The predicted molar refractivity (Wildman–Crippen MR) is 74.1 cm³/mol. The fourth-order valence-electron chi connectivity index (χ4n) is 1.64. The molecule has 0 aliphatic heterocycles. The number of imidazole rings is 1. The van der Waals surface area contributed by atoms with Crippen LogP contribution in [0.3, 0.4) is 0 Å². The third-order valence-corrected chi connectivity index (χ3v) is 2.47. The van der Waals surface area contributed by atoms with E-state index in [0.29, 0.717) is 5.69 Å². The van der Waals surface area contributed by atoms with Gasteiger partial charge in [-0.15, -0.1) is 0 Å². The number of nitrogens with zero attached hydrogens (tertiary/aromatic N) is 3. The van der Waals surface area contributed by atoms with E-state index in [9.17, 15) is 4.79 Å². The summed E-state index contributed by atoms with van der Waals surface area (Å²) in [6.45, 7) is 3.72. The zero-order valence-electron chi connectivity index (χ0n) is 11.1. The van der Waals surface area contributed by atoms with Gasteiger partial charge in [0.2, 0.25) is 5.71 Å². The molecule has 2 rings (SSSR count). The maximum atomic E-state index is 11.4. The second kappa shape index (κ2) is 5.84. The highest BCUT2D eigenvalue weighted by Crippen LogP contribution is 2.16. The molecule has 0 saturated heterocycles. The van der Waals surface area contributed by atoms with Crippen molar-refractivity contribution in [1.29, 1.82) is 5.26 Å². The van der Waals surface area contributed by atoms with Crippen molar-refractivity contribution in [3.05, 3.63) is 24.0 Å². The summed E-state index contributed by atoms with van der Waals surface area (Å²) in [5.41, 5.74) is 4.65. The molecule has 0 aliphatic carbocycles. The number of hydrogen-bond acceptors (Lipinski definition) is 6. The normalized spacial score (nSPS) is 11.2. The molecule has 1 aromatic carbocycles. The molecule has 102 valence electrons. The van der Waals surface area contributed by atoms with Gasteiger partial charge in [0, 0.05) is 0 Å². The van der Waals surface area contributed by atoms with Crippen LogP contribution in [0.4, 0.5) is 5.69 Å². The summed E-state index contributed by atoms with van der Waals surface area (Å²) in [6.07, 6.45) is 0. The molecule has 0 aliphatic rings. The van der Waals surface area contributed by atoms with Crippen LogP contribution in [0.1, 0.15) is 12.7 Å². The molecular weight excluding hydrogens is 258 g/mol. The lowest BCUT2D eigenvalue weighted by Crippen LogP contribution is -2.17. The largest absolute Gasteiger partial charge is 0.461 e. The minimum absolute atomic E-state index is 0.193. The van der Waals surface area contributed by atoms with Crippen molar-refractivity contribution < 1.29 is 9.53 Å². The quantitative estimate of drug-likeness (QED) is 0.500. The summed E-state index contributed by atoms with van der Waals surface area (Å²) < 4.78 is 4.71. The lowest BCUT2D eigenvalue weighted by atomic mass is 10.3. The molecule has 0 saturated carbocycles. The summed E-state index contributed by atoms with van der Waals surface area (Å²) in [5.74, 6) is 0.0610. The molecule has 2 aromatic rings. The maximum Gasteiger partial charge on any atom is 0.369 e. The predicted octanol–water partition coefficient (Wildman–Crippen LogP) is 1.73. The Balaban J connectivity index is 2.18. The Kier molecular flexibility index (Phi) is 3.96. The number of esters is 1. The van der Waals surface area contributed by atoms with Gasteiger partial charge < -0.3 is 9.72 Å². The standard InChI is InChI=1S/C13H13N5O2/c1-3-20-13(19)12(7-14)18-17-9-4-5-10-11(6-9)16-8(2)15-10/h4-6,17H,3H2,1-2H3,(H,15,16)/b18-12-. The molecule has 0 radical (unpaired) electrons. The van der Waals surface area contributed by atoms with Crippen molar-refractivity contribution in [3.63, 3.8) is 0 Å². The summed E-state index contributed by atoms with van der Waals surface area (Å²) in [4.78, 5) is 18.7. The SMILES string of the molecule is CCOC(=O)/C(C#N)=N\Nc1ccc2nc(C)[nH]c2c1. The van der Waals surface area contributed by atoms with Gasteiger partial charge in [-0.05, 0) is 32.0 Å². The Morgan fingerprint density at radius 3 is 3.10 bits per heavy atom. The first-order valence-corrected chi connectivity index (χ1v) is 6.01. The molecule has 0 atom stereocenters. The van der Waals surface area contributed by atoms with Crippen molar-refractivity contribution in [2.75, 3.05) is 12.0 Å². The van der Waals surface area contributed by atoms with Gasteiger partial charge in [-0.25, -0.2) is 9.78 Å².